The molecule has 204 valence electrons. The molecule has 39 heavy (non-hydrogen) atoms. The van der Waals surface area contributed by atoms with E-state index in [-0.39, 0.29) is 18.1 Å². The van der Waals surface area contributed by atoms with E-state index >= 15 is 0 Å². The van der Waals surface area contributed by atoms with Gasteiger partial charge in [-0.15, -0.1) is 0 Å². The molecule has 0 spiro atoms. The minimum Gasteiger partial charge on any atom is -0.491 e. The molecule has 1 aliphatic heterocycles. The van der Waals surface area contributed by atoms with Crippen molar-refractivity contribution in [3.63, 3.8) is 0 Å². The van der Waals surface area contributed by atoms with Crippen molar-refractivity contribution >= 4 is 21.0 Å². The van der Waals surface area contributed by atoms with E-state index in [1.165, 1.54) is 12.1 Å². The summed E-state index contributed by atoms with van der Waals surface area (Å²) in [4.78, 5) is 9.21. The number of hydrogen-bond donors (Lipinski definition) is 0. The van der Waals surface area contributed by atoms with E-state index in [9.17, 15) is 8.42 Å². The molecule has 2 unspecified atom stereocenters. The van der Waals surface area contributed by atoms with Crippen molar-refractivity contribution in [3.8, 4) is 17.0 Å². The van der Waals surface area contributed by atoms with Crippen LogP contribution in [0.5, 0.6) is 5.75 Å². The molecule has 1 aliphatic rings. The monoisotopic (exact) mass is 548 g/mol. The number of aryl methyl sites for hydroxylation is 2. The predicted molar refractivity (Wildman–Crippen MR) is 148 cm³/mol. The highest BCUT2D eigenvalue weighted by Crippen LogP contribution is 2.25. The fourth-order valence-electron chi connectivity index (χ4n) is 4.26. The van der Waals surface area contributed by atoms with Crippen molar-refractivity contribution in [2.24, 2.45) is 0 Å². The first-order valence-electron chi connectivity index (χ1n) is 13.1. The Balaban J connectivity index is 1.27. The number of nitrogens with zero attached hydrogens (tertiary/aromatic N) is 2. The van der Waals surface area contributed by atoms with E-state index in [4.69, 9.17) is 23.4 Å². The summed E-state index contributed by atoms with van der Waals surface area (Å²) in [5.41, 5.74) is 4.55. The van der Waals surface area contributed by atoms with Gasteiger partial charge in [-0.05, 0) is 81.6 Å². The zero-order valence-electron chi connectivity index (χ0n) is 22.1. The van der Waals surface area contributed by atoms with Gasteiger partial charge in [0.1, 0.15) is 18.5 Å². The Morgan fingerprint density at radius 1 is 0.974 bits per heavy atom. The van der Waals surface area contributed by atoms with Crippen LogP contribution in [0.4, 0.5) is 0 Å². The topological polar surface area (TPSA) is 96.8 Å². The predicted octanol–water partition coefficient (Wildman–Crippen LogP) is 5.61. The van der Waals surface area contributed by atoms with E-state index < -0.39 is 22.5 Å². The molecule has 0 radical (unpaired) electrons. The lowest BCUT2D eigenvalue weighted by atomic mass is 10.1. The molecule has 2 aromatic carbocycles. The molecule has 1 saturated heterocycles. The van der Waals surface area contributed by atoms with E-state index in [1.54, 1.807) is 12.1 Å². The highest BCUT2D eigenvalue weighted by molar-refractivity contribution is 7.86. The summed E-state index contributed by atoms with van der Waals surface area (Å²) in [5.74, 6) is 0.619. The average molecular weight is 549 g/mol. The van der Waals surface area contributed by atoms with Gasteiger partial charge in [-0.25, -0.2) is 4.98 Å². The third-order valence-corrected chi connectivity index (χ3v) is 7.80. The number of pyridine rings is 2. The normalized spacial score (nSPS) is 16.7. The van der Waals surface area contributed by atoms with Gasteiger partial charge in [-0.3, -0.25) is 9.17 Å². The third-order valence-electron chi connectivity index (χ3n) is 6.50. The van der Waals surface area contributed by atoms with Crippen molar-refractivity contribution in [2.45, 2.75) is 50.4 Å². The van der Waals surface area contributed by atoms with Crippen molar-refractivity contribution in [1.29, 1.82) is 0 Å². The first kappa shape index (κ1) is 27.2. The molecule has 8 nitrogen and oxygen atoms in total. The van der Waals surface area contributed by atoms with Crippen LogP contribution in [0, 0.1) is 13.8 Å². The van der Waals surface area contributed by atoms with E-state index in [2.05, 4.69) is 4.98 Å². The van der Waals surface area contributed by atoms with Gasteiger partial charge >= 0.3 is 0 Å². The second kappa shape index (κ2) is 12.2. The first-order chi connectivity index (χ1) is 18.9. The number of aromatic nitrogens is 2. The molecule has 0 amide bonds. The van der Waals surface area contributed by atoms with Crippen LogP contribution in [0.2, 0.25) is 0 Å². The van der Waals surface area contributed by atoms with Crippen molar-refractivity contribution in [3.05, 3.63) is 84.2 Å². The van der Waals surface area contributed by atoms with Gasteiger partial charge in [-0.1, -0.05) is 23.8 Å². The molecule has 9 heteroatoms. The number of fused-ring (bicyclic) bond motifs is 1. The number of ether oxygens (including phenoxy) is 3. The average Bonchev–Trinajstić information content (AvgIpc) is 2.95. The highest BCUT2D eigenvalue weighted by atomic mass is 32.2. The van der Waals surface area contributed by atoms with E-state index in [0.717, 1.165) is 52.7 Å². The summed E-state index contributed by atoms with van der Waals surface area (Å²) in [7, 11) is -3.94. The van der Waals surface area contributed by atoms with Crippen LogP contribution in [0.15, 0.2) is 77.8 Å². The number of hydrogen-bond acceptors (Lipinski definition) is 8. The molecule has 1 fully saturated rings. The SMILES string of the molecule is Cc1ccc(S(=O)(=O)OCC(COc2ccc3nc(-c4ccc(C)nc4)ccc3c2)OC2CCCCO2)cc1. The summed E-state index contributed by atoms with van der Waals surface area (Å²) >= 11 is 0. The van der Waals surface area contributed by atoms with Gasteiger partial charge in [0.25, 0.3) is 10.1 Å². The van der Waals surface area contributed by atoms with Crippen LogP contribution in [0.1, 0.15) is 30.5 Å². The summed E-state index contributed by atoms with van der Waals surface area (Å²) in [6.45, 7) is 4.35. The fraction of sp³-hybridized carbons (Fsp3) is 0.333. The summed E-state index contributed by atoms with van der Waals surface area (Å²) < 4.78 is 48.7. The molecule has 0 N–H and O–H groups in total. The smallest absolute Gasteiger partial charge is 0.297 e. The maximum atomic E-state index is 12.7. The molecule has 0 bridgehead atoms. The molecule has 3 heterocycles. The highest BCUT2D eigenvalue weighted by Gasteiger charge is 2.24. The Kier molecular flexibility index (Phi) is 8.52. The second-order valence-corrected chi connectivity index (χ2v) is 11.3. The molecular formula is C30H32N2O6S. The summed E-state index contributed by atoms with van der Waals surface area (Å²) in [6.07, 6.45) is 3.44. The van der Waals surface area contributed by atoms with Gasteiger partial charge in [0.15, 0.2) is 6.29 Å². The Labute approximate surface area is 229 Å². The van der Waals surface area contributed by atoms with Crippen molar-refractivity contribution in [1.82, 2.24) is 9.97 Å². The Morgan fingerprint density at radius 3 is 2.56 bits per heavy atom. The van der Waals surface area contributed by atoms with Crippen LogP contribution in [0.3, 0.4) is 0 Å². The molecule has 5 rings (SSSR count). The van der Waals surface area contributed by atoms with Gasteiger partial charge in [0, 0.05) is 29.4 Å². The van der Waals surface area contributed by atoms with E-state index in [1.807, 2.05) is 62.5 Å². The first-order valence-corrected chi connectivity index (χ1v) is 14.5. The fourth-order valence-corrected chi connectivity index (χ4v) is 5.20. The molecule has 2 aromatic heterocycles. The quantitative estimate of drug-likeness (QED) is 0.236. The molecule has 4 aromatic rings. The molecule has 0 aliphatic carbocycles. The molecule has 2 atom stereocenters. The lowest BCUT2D eigenvalue weighted by molar-refractivity contribution is -0.198. The second-order valence-electron chi connectivity index (χ2n) is 9.66. The van der Waals surface area contributed by atoms with Gasteiger partial charge in [-0.2, -0.15) is 8.42 Å². The standard InChI is InChI=1S/C30H32N2O6S/c1-21-6-12-27(13-7-21)39(33,34)37-20-26(38-30-5-3-4-16-35-30)19-36-25-11-15-28-23(17-25)10-14-29(32-28)24-9-8-22(2)31-18-24/h6-15,17-18,26,30H,3-5,16,19-20H2,1-2H3. The van der Waals surface area contributed by atoms with Gasteiger partial charge in [0.05, 0.1) is 22.7 Å². The zero-order valence-corrected chi connectivity index (χ0v) is 22.9. The van der Waals surface area contributed by atoms with Crippen LogP contribution in [0.25, 0.3) is 22.2 Å². The largest absolute Gasteiger partial charge is 0.491 e. The Morgan fingerprint density at radius 2 is 1.82 bits per heavy atom. The minimum absolute atomic E-state index is 0.0926. The van der Waals surface area contributed by atoms with E-state index in [0.29, 0.717) is 12.4 Å². The Bertz CT molecular complexity index is 1500. The van der Waals surface area contributed by atoms with Crippen LogP contribution in [-0.2, 0) is 23.8 Å². The lowest BCUT2D eigenvalue weighted by Crippen LogP contribution is -2.35. The molecular weight excluding hydrogens is 516 g/mol. The molecule has 0 saturated carbocycles. The Hall–Kier alpha value is -3.37. The summed E-state index contributed by atoms with van der Waals surface area (Å²) in [5, 5.41) is 0.919. The van der Waals surface area contributed by atoms with Crippen molar-refractivity contribution < 1.29 is 26.8 Å². The van der Waals surface area contributed by atoms with Crippen LogP contribution in [-0.4, -0.2) is 50.6 Å². The van der Waals surface area contributed by atoms with Crippen molar-refractivity contribution in [2.75, 3.05) is 19.8 Å². The third kappa shape index (κ3) is 7.19. The minimum atomic E-state index is -3.94. The van der Waals surface area contributed by atoms with Gasteiger partial charge in [0.2, 0.25) is 0 Å². The maximum Gasteiger partial charge on any atom is 0.297 e. The van der Waals surface area contributed by atoms with Gasteiger partial charge < -0.3 is 14.2 Å². The van der Waals surface area contributed by atoms with Crippen LogP contribution < -0.4 is 4.74 Å². The maximum absolute atomic E-state index is 12.7. The summed E-state index contributed by atoms with van der Waals surface area (Å²) in [6, 6.07) is 20.1. The lowest BCUT2D eigenvalue weighted by Gasteiger charge is -2.27. The number of benzene rings is 2. The zero-order chi connectivity index (χ0) is 27.2. The number of rotatable bonds is 10. The van der Waals surface area contributed by atoms with Crippen LogP contribution >= 0.6 is 0 Å².